The van der Waals surface area contributed by atoms with E-state index in [0.29, 0.717) is 12.8 Å². The lowest BCUT2D eigenvalue weighted by Gasteiger charge is -2.33. The van der Waals surface area contributed by atoms with Crippen molar-refractivity contribution in [2.45, 2.75) is 32.2 Å². The fraction of sp³-hybridized carbons (Fsp3) is 0.583. The second-order valence-electron chi connectivity index (χ2n) is 4.14. The molecule has 3 nitrogen and oxygen atoms in total. The lowest BCUT2D eigenvalue weighted by Crippen LogP contribution is -2.38. The standard InChI is InChI=1S/C12H17NO2S/c1-9-10-5-8-16-11(10)4-6-13(9)12(15)3-2-7-14/h5,8-9,14H,2-4,6-7H2,1H3. The van der Waals surface area contributed by atoms with Crippen LogP contribution >= 0.6 is 11.3 Å². The van der Waals surface area contributed by atoms with Gasteiger partial charge in [-0.2, -0.15) is 0 Å². The summed E-state index contributed by atoms with van der Waals surface area (Å²) in [6.07, 6.45) is 2.00. The molecule has 4 heteroatoms. The maximum Gasteiger partial charge on any atom is 0.223 e. The number of hydrogen-bond acceptors (Lipinski definition) is 3. The quantitative estimate of drug-likeness (QED) is 0.876. The molecule has 0 aromatic carbocycles. The third-order valence-electron chi connectivity index (χ3n) is 3.15. The Kier molecular flexibility index (Phi) is 3.61. The van der Waals surface area contributed by atoms with Crippen LogP contribution in [0.25, 0.3) is 0 Å². The Bertz CT molecular complexity index is 375. The summed E-state index contributed by atoms with van der Waals surface area (Å²) in [6.45, 7) is 3.00. The Balaban J connectivity index is 2.06. The van der Waals surface area contributed by atoms with Crippen LogP contribution in [0.4, 0.5) is 0 Å². The molecule has 0 saturated carbocycles. The molecule has 2 rings (SSSR count). The van der Waals surface area contributed by atoms with E-state index in [1.54, 1.807) is 11.3 Å². The molecule has 1 amide bonds. The van der Waals surface area contributed by atoms with Crippen LogP contribution in [0.15, 0.2) is 11.4 Å². The normalized spacial score (nSPS) is 19.6. The highest BCUT2D eigenvalue weighted by Crippen LogP contribution is 2.33. The van der Waals surface area contributed by atoms with E-state index >= 15 is 0 Å². The van der Waals surface area contributed by atoms with Crippen LogP contribution in [0.1, 0.15) is 36.2 Å². The lowest BCUT2D eigenvalue weighted by molar-refractivity contribution is -0.134. The molecule has 88 valence electrons. The summed E-state index contributed by atoms with van der Waals surface area (Å²) in [7, 11) is 0. The fourth-order valence-corrected chi connectivity index (χ4v) is 3.19. The van der Waals surface area contributed by atoms with Crippen molar-refractivity contribution >= 4 is 17.2 Å². The van der Waals surface area contributed by atoms with Crippen molar-refractivity contribution in [3.8, 4) is 0 Å². The highest BCUT2D eigenvalue weighted by Gasteiger charge is 2.27. The van der Waals surface area contributed by atoms with Crippen molar-refractivity contribution in [3.05, 3.63) is 21.9 Å². The van der Waals surface area contributed by atoms with Crippen molar-refractivity contribution in [3.63, 3.8) is 0 Å². The number of aliphatic hydroxyl groups excluding tert-OH is 1. The van der Waals surface area contributed by atoms with E-state index in [9.17, 15) is 4.79 Å². The minimum absolute atomic E-state index is 0.0949. The molecule has 0 aliphatic carbocycles. The molecule has 0 spiro atoms. The van der Waals surface area contributed by atoms with E-state index in [1.165, 1.54) is 10.4 Å². The highest BCUT2D eigenvalue weighted by molar-refractivity contribution is 7.10. The molecular formula is C12H17NO2S. The molecule has 0 saturated heterocycles. The van der Waals surface area contributed by atoms with E-state index in [0.717, 1.165) is 13.0 Å². The third-order valence-corrected chi connectivity index (χ3v) is 4.14. The SMILES string of the molecule is CC1c2ccsc2CCN1C(=O)CCCO. The van der Waals surface area contributed by atoms with E-state index in [2.05, 4.69) is 18.4 Å². The van der Waals surface area contributed by atoms with Gasteiger partial charge in [0.25, 0.3) is 0 Å². The number of rotatable bonds is 3. The second-order valence-corrected chi connectivity index (χ2v) is 5.14. The summed E-state index contributed by atoms with van der Waals surface area (Å²) in [5, 5.41) is 10.8. The highest BCUT2D eigenvalue weighted by atomic mass is 32.1. The van der Waals surface area contributed by atoms with E-state index < -0.39 is 0 Å². The monoisotopic (exact) mass is 239 g/mol. The molecule has 16 heavy (non-hydrogen) atoms. The number of fused-ring (bicyclic) bond motifs is 1. The van der Waals surface area contributed by atoms with Crippen LogP contribution in [0, 0.1) is 0 Å². The number of amides is 1. The zero-order valence-corrected chi connectivity index (χ0v) is 10.3. The van der Waals surface area contributed by atoms with E-state index in [-0.39, 0.29) is 18.6 Å². The van der Waals surface area contributed by atoms with Crippen LogP contribution in [-0.4, -0.2) is 29.1 Å². The molecule has 1 aromatic rings. The minimum Gasteiger partial charge on any atom is -0.396 e. The molecule has 1 aliphatic rings. The van der Waals surface area contributed by atoms with Crippen molar-refractivity contribution < 1.29 is 9.90 Å². The number of nitrogens with zero attached hydrogens (tertiary/aromatic N) is 1. The first-order valence-corrected chi connectivity index (χ1v) is 6.58. The van der Waals surface area contributed by atoms with Gasteiger partial charge < -0.3 is 10.0 Å². The summed E-state index contributed by atoms with van der Waals surface area (Å²) in [5.41, 5.74) is 1.30. The average molecular weight is 239 g/mol. The molecule has 1 aliphatic heterocycles. The first-order chi connectivity index (χ1) is 7.74. The molecule has 1 unspecified atom stereocenters. The number of carbonyl (C=O) groups is 1. The molecule has 2 heterocycles. The van der Waals surface area contributed by atoms with Crippen LogP contribution in [0.2, 0.25) is 0 Å². The van der Waals surface area contributed by atoms with Gasteiger partial charge in [0, 0.05) is 24.4 Å². The molecule has 1 N–H and O–H groups in total. The zero-order valence-electron chi connectivity index (χ0n) is 9.48. The van der Waals surface area contributed by atoms with Gasteiger partial charge in [-0.05, 0) is 36.8 Å². The molecule has 0 bridgehead atoms. The first-order valence-electron chi connectivity index (χ1n) is 5.70. The minimum atomic E-state index is 0.0949. The summed E-state index contributed by atoms with van der Waals surface area (Å²) >= 11 is 1.78. The number of hydrogen-bond donors (Lipinski definition) is 1. The molecular weight excluding hydrogens is 222 g/mol. The maximum absolute atomic E-state index is 11.9. The van der Waals surface area contributed by atoms with Crippen molar-refractivity contribution in [1.82, 2.24) is 4.90 Å². The van der Waals surface area contributed by atoms with Gasteiger partial charge >= 0.3 is 0 Å². The average Bonchev–Trinajstić information content (AvgIpc) is 2.75. The molecule has 1 atom stereocenters. The molecule has 1 aromatic heterocycles. The summed E-state index contributed by atoms with van der Waals surface area (Å²) in [5.74, 6) is 0.165. The lowest BCUT2D eigenvalue weighted by atomic mass is 10.0. The van der Waals surface area contributed by atoms with Gasteiger partial charge in [0.1, 0.15) is 0 Å². The molecule has 0 radical (unpaired) electrons. The Labute approximate surface area is 99.7 Å². The van der Waals surface area contributed by atoms with Gasteiger partial charge in [-0.25, -0.2) is 0 Å². The summed E-state index contributed by atoms with van der Waals surface area (Å²) in [4.78, 5) is 15.3. The van der Waals surface area contributed by atoms with Gasteiger partial charge in [0.15, 0.2) is 0 Å². The Hall–Kier alpha value is -0.870. The predicted molar refractivity (Wildman–Crippen MR) is 64.5 cm³/mol. The number of thiophene rings is 1. The van der Waals surface area contributed by atoms with Crippen LogP contribution in [0.3, 0.4) is 0 Å². The van der Waals surface area contributed by atoms with Gasteiger partial charge in [-0.15, -0.1) is 11.3 Å². The Morgan fingerprint density at radius 2 is 2.50 bits per heavy atom. The third kappa shape index (κ3) is 2.13. The Morgan fingerprint density at radius 3 is 3.25 bits per heavy atom. The van der Waals surface area contributed by atoms with Crippen LogP contribution in [0.5, 0.6) is 0 Å². The van der Waals surface area contributed by atoms with Gasteiger partial charge in [-0.3, -0.25) is 4.79 Å². The van der Waals surface area contributed by atoms with Crippen molar-refractivity contribution in [2.24, 2.45) is 0 Å². The van der Waals surface area contributed by atoms with Crippen LogP contribution < -0.4 is 0 Å². The summed E-state index contributed by atoms with van der Waals surface area (Å²) < 4.78 is 0. The maximum atomic E-state index is 11.9. The number of aliphatic hydroxyl groups is 1. The number of carbonyl (C=O) groups excluding carboxylic acids is 1. The zero-order chi connectivity index (χ0) is 11.5. The first kappa shape index (κ1) is 11.6. The van der Waals surface area contributed by atoms with Gasteiger partial charge in [-0.1, -0.05) is 0 Å². The summed E-state index contributed by atoms with van der Waals surface area (Å²) in [6, 6.07) is 2.32. The fourth-order valence-electron chi connectivity index (χ4n) is 2.22. The smallest absolute Gasteiger partial charge is 0.223 e. The van der Waals surface area contributed by atoms with E-state index in [1.807, 2.05) is 4.90 Å². The topological polar surface area (TPSA) is 40.5 Å². The van der Waals surface area contributed by atoms with E-state index in [4.69, 9.17) is 5.11 Å². The van der Waals surface area contributed by atoms with Crippen molar-refractivity contribution in [1.29, 1.82) is 0 Å². The van der Waals surface area contributed by atoms with Gasteiger partial charge in [0.2, 0.25) is 5.91 Å². The predicted octanol–water partition coefficient (Wildman–Crippen LogP) is 1.97. The van der Waals surface area contributed by atoms with Gasteiger partial charge in [0.05, 0.1) is 6.04 Å². The van der Waals surface area contributed by atoms with Crippen molar-refractivity contribution in [2.75, 3.05) is 13.2 Å². The second kappa shape index (κ2) is 4.97. The molecule has 0 fully saturated rings. The largest absolute Gasteiger partial charge is 0.396 e. The Morgan fingerprint density at radius 1 is 1.69 bits per heavy atom. The van der Waals surface area contributed by atoms with Crippen LogP contribution in [-0.2, 0) is 11.2 Å².